The number of nitrogens with two attached hydrogens (primary N) is 1. The van der Waals surface area contributed by atoms with Crippen molar-refractivity contribution in [3.8, 4) is 0 Å². The summed E-state index contributed by atoms with van der Waals surface area (Å²) in [6.45, 7) is 0. The molecule has 4 nitrogen and oxygen atoms in total. The van der Waals surface area contributed by atoms with Crippen LogP contribution in [0.5, 0.6) is 0 Å². The van der Waals surface area contributed by atoms with E-state index >= 15 is 0 Å². The molecule has 20 heavy (non-hydrogen) atoms. The highest BCUT2D eigenvalue weighted by atomic mass is 35.5. The average Bonchev–Trinajstić information content (AvgIpc) is 2.98. The summed E-state index contributed by atoms with van der Waals surface area (Å²) >= 11 is 7.58. The summed E-state index contributed by atoms with van der Waals surface area (Å²) in [6, 6.07) is 8.19. The molecule has 3 rings (SSSR count). The van der Waals surface area contributed by atoms with Gasteiger partial charge in [-0.2, -0.15) is 0 Å². The number of amides is 3. The lowest BCUT2D eigenvalue weighted by Crippen LogP contribution is -2.39. The van der Waals surface area contributed by atoms with Crippen LogP contribution in [0.1, 0.15) is 16.4 Å². The fraction of sp³-hybridized carbons (Fsp3) is 0.143. The third-order valence-electron chi connectivity index (χ3n) is 3.33. The lowest BCUT2D eigenvalue weighted by Gasteiger charge is -2.12. The molecule has 0 saturated heterocycles. The van der Waals surface area contributed by atoms with Crippen LogP contribution in [0, 0.1) is 0 Å². The van der Waals surface area contributed by atoms with Crippen LogP contribution in [0.4, 0.5) is 10.5 Å². The Bertz CT molecular complexity index is 684. The highest BCUT2D eigenvalue weighted by Gasteiger charge is 2.40. The topological polar surface area (TPSA) is 63.4 Å². The second-order valence-electron chi connectivity index (χ2n) is 4.55. The first kappa shape index (κ1) is 13.1. The Labute approximate surface area is 124 Å². The van der Waals surface area contributed by atoms with E-state index in [2.05, 4.69) is 0 Å². The normalized spacial score (nSPS) is 17.4. The van der Waals surface area contributed by atoms with Gasteiger partial charge in [0, 0.05) is 9.90 Å². The maximum Gasteiger partial charge on any atom is 0.326 e. The zero-order valence-electron chi connectivity index (χ0n) is 10.4. The molecule has 1 atom stereocenters. The molecule has 2 aromatic rings. The van der Waals surface area contributed by atoms with Crippen LogP contribution in [0.15, 0.2) is 35.7 Å². The van der Waals surface area contributed by atoms with Crippen LogP contribution in [0.3, 0.4) is 0 Å². The van der Waals surface area contributed by atoms with E-state index in [0.717, 1.165) is 15.3 Å². The third-order valence-corrected chi connectivity index (χ3v) is 4.46. The van der Waals surface area contributed by atoms with E-state index in [-0.39, 0.29) is 5.91 Å². The molecule has 0 aliphatic carbocycles. The number of urea groups is 1. The van der Waals surface area contributed by atoms with Gasteiger partial charge in [-0.3, -0.25) is 4.79 Å². The number of halogens is 1. The molecular weight excluding hydrogens is 296 g/mol. The third kappa shape index (κ3) is 2.09. The van der Waals surface area contributed by atoms with Crippen molar-refractivity contribution in [3.05, 3.63) is 51.2 Å². The molecular formula is C14H11ClN2O2S. The molecule has 0 bridgehead atoms. The number of hydrogen-bond acceptors (Lipinski definition) is 3. The number of benzene rings is 1. The minimum atomic E-state index is -0.757. The van der Waals surface area contributed by atoms with E-state index in [1.807, 2.05) is 17.5 Å². The van der Waals surface area contributed by atoms with Crippen molar-refractivity contribution in [1.82, 2.24) is 0 Å². The Morgan fingerprint density at radius 3 is 2.85 bits per heavy atom. The summed E-state index contributed by atoms with van der Waals surface area (Å²) in [5, 5.41) is 2.50. The number of rotatable bonds is 2. The first-order valence-electron chi connectivity index (χ1n) is 6.03. The summed E-state index contributed by atoms with van der Waals surface area (Å²) in [5.74, 6) is -0.696. The predicted molar refractivity (Wildman–Crippen MR) is 79.3 cm³/mol. The van der Waals surface area contributed by atoms with Crippen molar-refractivity contribution in [2.24, 2.45) is 5.73 Å². The number of fused-ring (bicyclic) bond motifs is 1. The van der Waals surface area contributed by atoms with Gasteiger partial charge in [-0.25, -0.2) is 9.69 Å². The first-order chi connectivity index (χ1) is 9.58. The molecule has 6 heteroatoms. The highest BCUT2D eigenvalue weighted by Crippen LogP contribution is 2.40. The fourth-order valence-corrected chi connectivity index (χ4v) is 3.40. The monoisotopic (exact) mass is 306 g/mol. The molecule has 2 heterocycles. The summed E-state index contributed by atoms with van der Waals surface area (Å²) in [4.78, 5) is 26.0. The fourth-order valence-electron chi connectivity index (χ4n) is 2.47. The number of nitrogens with zero attached hydrogens (tertiary/aromatic N) is 1. The molecule has 3 amide bonds. The summed E-state index contributed by atoms with van der Waals surface area (Å²) < 4.78 is 0. The molecule has 1 aromatic heterocycles. The van der Waals surface area contributed by atoms with Gasteiger partial charge in [0.15, 0.2) is 0 Å². The van der Waals surface area contributed by atoms with Crippen molar-refractivity contribution >= 4 is 40.6 Å². The maximum atomic E-state index is 12.4. The van der Waals surface area contributed by atoms with Gasteiger partial charge in [-0.15, -0.1) is 11.3 Å². The lowest BCUT2D eigenvalue weighted by atomic mass is 9.96. The molecule has 1 aliphatic rings. The number of carbonyl (C=O) groups excluding carboxylic acids is 2. The number of carbonyl (C=O) groups is 2. The smallest absolute Gasteiger partial charge is 0.326 e. The molecule has 2 N–H and O–H groups in total. The van der Waals surface area contributed by atoms with Crippen molar-refractivity contribution in [2.45, 2.75) is 12.3 Å². The average molecular weight is 307 g/mol. The molecule has 1 aromatic carbocycles. The van der Waals surface area contributed by atoms with E-state index in [1.165, 1.54) is 0 Å². The van der Waals surface area contributed by atoms with Crippen molar-refractivity contribution in [3.63, 3.8) is 0 Å². The minimum Gasteiger partial charge on any atom is -0.351 e. The van der Waals surface area contributed by atoms with E-state index in [0.29, 0.717) is 17.1 Å². The Morgan fingerprint density at radius 2 is 2.20 bits per heavy atom. The molecule has 0 saturated carbocycles. The minimum absolute atomic E-state index is 0.289. The quantitative estimate of drug-likeness (QED) is 0.926. The highest BCUT2D eigenvalue weighted by molar-refractivity contribution is 7.09. The van der Waals surface area contributed by atoms with Gasteiger partial charge in [0.25, 0.3) is 0 Å². The summed E-state index contributed by atoms with van der Waals surface area (Å²) in [6.07, 6.45) is 0.549. The SMILES string of the molecule is NC(=O)N1C(=O)C(Cc2cccs2)c2cc(Cl)ccc21. The van der Waals surface area contributed by atoms with Crippen molar-refractivity contribution in [2.75, 3.05) is 4.90 Å². The molecule has 0 spiro atoms. The zero-order chi connectivity index (χ0) is 14.3. The second-order valence-corrected chi connectivity index (χ2v) is 6.02. The number of hydrogen-bond donors (Lipinski definition) is 1. The molecule has 1 aliphatic heterocycles. The maximum absolute atomic E-state index is 12.4. The van der Waals surface area contributed by atoms with E-state index < -0.39 is 11.9 Å². The van der Waals surface area contributed by atoms with E-state index in [9.17, 15) is 9.59 Å². The van der Waals surface area contributed by atoms with Gasteiger partial charge in [-0.05, 0) is 41.6 Å². The van der Waals surface area contributed by atoms with Crippen LogP contribution in [-0.2, 0) is 11.2 Å². The van der Waals surface area contributed by atoms with Crippen LogP contribution in [0.25, 0.3) is 0 Å². The Hall–Kier alpha value is -1.85. The van der Waals surface area contributed by atoms with Crippen LogP contribution in [-0.4, -0.2) is 11.9 Å². The molecule has 1 unspecified atom stereocenters. The molecule has 0 fully saturated rings. The van der Waals surface area contributed by atoms with Gasteiger partial charge in [-0.1, -0.05) is 17.7 Å². The number of thiophene rings is 1. The number of imide groups is 1. The van der Waals surface area contributed by atoms with Gasteiger partial charge in [0.2, 0.25) is 5.91 Å². The van der Waals surface area contributed by atoms with Crippen LogP contribution >= 0.6 is 22.9 Å². The summed E-state index contributed by atoms with van der Waals surface area (Å²) in [7, 11) is 0. The van der Waals surface area contributed by atoms with Gasteiger partial charge in [0.1, 0.15) is 0 Å². The number of primary amides is 1. The predicted octanol–water partition coefficient (Wildman–Crippen LogP) is 3.15. The van der Waals surface area contributed by atoms with Crippen LogP contribution in [0.2, 0.25) is 5.02 Å². The molecule has 0 radical (unpaired) electrons. The number of anilines is 1. The van der Waals surface area contributed by atoms with Crippen LogP contribution < -0.4 is 10.6 Å². The zero-order valence-corrected chi connectivity index (χ0v) is 11.9. The van der Waals surface area contributed by atoms with Crippen molar-refractivity contribution < 1.29 is 9.59 Å². The largest absolute Gasteiger partial charge is 0.351 e. The van der Waals surface area contributed by atoms with Gasteiger partial charge >= 0.3 is 6.03 Å². The standard InChI is InChI=1S/C14H11ClN2O2S/c15-8-3-4-12-10(6-8)11(7-9-2-1-5-20-9)13(18)17(12)14(16)19/h1-6,11H,7H2,(H2,16,19). The second kappa shape index (κ2) is 4.92. The van der Waals surface area contributed by atoms with Gasteiger partial charge < -0.3 is 5.73 Å². The first-order valence-corrected chi connectivity index (χ1v) is 7.29. The Balaban J connectivity index is 2.05. The Kier molecular flexibility index (Phi) is 3.23. The van der Waals surface area contributed by atoms with E-state index in [4.69, 9.17) is 17.3 Å². The van der Waals surface area contributed by atoms with Crippen molar-refractivity contribution in [1.29, 1.82) is 0 Å². The van der Waals surface area contributed by atoms with E-state index in [1.54, 1.807) is 29.5 Å². The Morgan fingerprint density at radius 1 is 1.40 bits per heavy atom. The summed E-state index contributed by atoms with van der Waals surface area (Å²) in [5.41, 5.74) is 6.61. The molecule has 102 valence electrons. The van der Waals surface area contributed by atoms with Gasteiger partial charge in [0.05, 0.1) is 11.6 Å². The lowest BCUT2D eigenvalue weighted by molar-refractivity contribution is -0.118.